The van der Waals surface area contributed by atoms with Crippen molar-refractivity contribution in [2.45, 2.75) is 6.04 Å². The number of hydrogen-bond acceptors (Lipinski definition) is 3. The van der Waals surface area contributed by atoms with Crippen molar-refractivity contribution in [3.8, 4) is 0 Å². The highest BCUT2D eigenvalue weighted by atomic mass is 79.9. The van der Waals surface area contributed by atoms with Gasteiger partial charge in [-0.1, -0.05) is 0 Å². The van der Waals surface area contributed by atoms with Crippen LogP contribution in [0.25, 0.3) is 0 Å². The lowest BCUT2D eigenvalue weighted by molar-refractivity contribution is 0.0499. The smallest absolute Gasteiger partial charge is 0.263 e. The van der Waals surface area contributed by atoms with E-state index >= 15 is 0 Å². The third-order valence-electron chi connectivity index (χ3n) is 3.45. The van der Waals surface area contributed by atoms with Crippen molar-refractivity contribution in [3.63, 3.8) is 0 Å². The van der Waals surface area contributed by atoms with Crippen LogP contribution in [0.5, 0.6) is 0 Å². The van der Waals surface area contributed by atoms with E-state index in [2.05, 4.69) is 21.0 Å². The Labute approximate surface area is 123 Å². The predicted molar refractivity (Wildman–Crippen MR) is 76.6 cm³/mol. The molecule has 0 radical (unpaired) electrons. The molecule has 0 atom stereocenters. The standard InChI is InChI=1S/C13H13BrN4O2/c1-16-4-2-3-11(12(16)19)13(20)17-7-10(8-17)18-6-9(14)5-15-18/h2-6,10H,7-8H2,1H3. The Bertz CT molecular complexity index is 715. The van der Waals surface area contributed by atoms with Gasteiger partial charge in [0, 0.05) is 32.5 Å². The molecule has 0 bridgehead atoms. The summed E-state index contributed by atoms with van der Waals surface area (Å²) in [7, 11) is 1.64. The van der Waals surface area contributed by atoms with Crippen LogP contribution in [0.15, 0.2) is 40.0 Å². The average molecular weight is 337 g/mol. The SMILES string of the molecule is Cn1cccc(C(=O)N2CC(n3cc(Br)cn3)C2)c1=O. The fourth-order valence-electron chi connectivity index (χ4n) is 2.23. The van der Waals surface area contributed by atoms with Crippen LogP contribution in [0, 0.1) is 0 Å². The number of pyridine rings is 1. The number of halogens is 1. The molecule has 0 aliphatic carbocycles. The van der Waals surface area contributed by atoms with Crippen molar-refractivity contribution in [1.82, 2.24) is 19.2 Å². The molecule has 1 fully saturated rings. The molecule has 0 aromatic carbocycles. The molecule has 0 N–H and O–H groups in total. The summed E-state index contributed by atoms with van der Waals surface area (Å²) in [6.45, 7) is 1.15. The van der Waals surface area contributed by atoms with Crippen molar-refractivity contribution < 1.29 is 4.79 Å². The Balaban J connectivity index is 1.72. The molecule has 1 amide bonds. The van der Waals surface area contributed by atoms with Crippen molar-refractivity contribution >= 4 is 21.8 Å². The first-order chi connectivity index (χ1) is 9.56. The third-order valence-corrected chi connectivity index (χ3v) is 3.86. The molecule has 7 heteroatoms. The van der Waals surface area contributed by atoms with Gasteiger partial charge in [-0.15, -0.1) is 0 Å². The fraction of sp³-hybridized carbons (Fsp3) is 0.308. The van der Waals surface area contributed by atoms with Gasteiger partial charge in [0.25, 0.3) is 11.5 Å². The Hall–Kier alpha value is -1.89. The molecule has 1 aliphatic rings. The van der Waals surface area contributed by atoms with Gasteiger partial charge in [-0.3, -0.25) is 14.3 Å². The Kier molecular flexibility index (Phi) is 3.21. The van der Waals surface area contributed by atoms with Crippen LogP contribution in [0.1, 0.15) is 16.4 Å². The minimum Gasteiger partial charge on any atom is -0.334 e. The summed E-state index contributed by atoms with van der Waals surface area (Å²) >= 11 is 3.34. The first-order valence-corrected chi connectivity index (χ1v) is 7.00. The van der Waals surface area contributed by atoms with Gasteiger partial charge in [-0.2, -0.15) is 5.10 Å². The maximum absolute atomic E-state index is 12.3. The van der Waals surface area contributed by atoms with Crippen molar-refractivity contribution in [2.75, 3.05) is 13.1 Å². The molecule has 1 aliphatic heterocycles. The Morgan fingerprint density at radius 3 is 2.85 bits per heavy atom. The molecule has 2 aromatic rings. The average Bonchev–Trinajstić information content (AvgIpc) is 2.77. The maximum Gasteiger partial charge on any atom is 0.263 e. The van der Waals surface area contributed by atoms with E-state index in [1.807, 2.05) is 10.9 Å². The van der Waals surface area contributed by atoms with Crippen LogP contribution in [-0.2, 0) is 7.05 Å². The monoisotopic (exact) mass is 336 g/mol. The largest absolute Gasteiger partial charge is 0.334 e. The molecule has 0 unspecified atom stereocenters. The first-order valence-electron chi connectivity index (χ1n) is 6.21. The number of hydrogen-bond donors (Lipinski definition) is 0. The molecule has 0 spiro atoms. The molecular weight excluding hydrogens is 324 g/mol. The molecule has 20 heavy (non-hydrogen) atoms. The first kappa shape index (κ1) is 13.1. The van der Waals surface area contributed by atoms with Gasteiger partial charge in [-0.25, -0.2) is 0 Å². The summed E-state index contributed by atoms with van der Waals surface area (Å²) in [6, 6.07) is 3.46. The van der Waals surface area contributed by atoms with Crippen molar-refractivity contribution in [2.24, 2.45) is 7.05 Å². The molecule has 2 aromatic heterocycles. The highest BCUT2D eigenvalue weighted by Crippen LogP contribution is 2.23. The van der Waals surface area contributed by atoms with E-state index in [0.717, 1.165) is 4.47 Å². The highest BCUT2D eigenvalue weighted by molar-refractivity contribution is 9.10. The van der Waals surface area contributed by atoms with Gasteiger partial charge in [0.15, 0.2) is 0 Å². The maximum atomic E-state index is 12.3. The van der Waals surface area contributed by atoms with Crippen LogP contribution in [0.2, 0.25) is 0 Å². The summed E-state index contributed by atoms with van der Waals surface area (Å²) in [5, 5.41) is 4.20. The van der Waals surface area contributed by atoms with Crippen molar-refractivity contribution in [3.05, 3.63) is 51.1 Å². The normalized spacial score (nSPS) is 15.2. The number of likely N-dealkylation sites (tertiary alicyclic amines) is 1. The van der Waals surface area contributed by atoms with E-state index in [-0.39, 0.29) is 23.1 Å². The summed E-state index contributed by atoms with van der Waals surface area (Å²) in [4.78, 5) is 25.8. The van der Waals surface area contributed by atoms with E-state index in [4.69, 9.17) is 0 Å². The van der Waals surface area contributed by atoms with Gasteiger partial charge in [-0.05, 0) is 28.1 Å². The van der Waals surface area contributed by atoms with Gasteiger partial charge in [0.05, 0.1) is 16.7 Å². The lowest BCUT2D eigenvalue weighted by Crippen LogP contribution is -2.52. The molecule has 104 valence electrons. The summed E-state index contributed by atoms with van der Waals surface area (Å²) in [5.74, 6) is -0.214. The number of aryl methyl sites for hydroxylation is 1. The lowest BCUT2D eigenvalue weighted by atomic mass is 10.1. The van der Waals surface area contributed by atoms with Crippen LogP contribution in [-0.4, -0.2) is 38.2 Å². The molecule has 3 rings (SSSR count). The molecule has 6 nitrogen and oxygen atoms in total. The van der Waals surface area contributed by atoms with E-state index in [9.17, 15) is 9.59 Å². The van der Waals surface area contributed by atoms with E-state index in [1.54, 1.807) is 36.5 Å². The fourth-order valence-corrected chi connectivity index (χ4v) is 2.53. The topological polar surface area (TPSA) is 60.1 Å². The van der Waals surface area contributed by atoms with E-state index in [0.29, 0.717) is 13.1 Å². The quantitative estimate of drug-likeness (QED) is 0.823. The molecule has 0 saturated carbocycles. The number of amides is 1. The van der Waals surface area contributed by atoms with E-state index < -0.39 is 0 Å². The van der Waals surface area contributed by atoms with Crippen LogP contribution in [0.4, 0.5) is 0 Å². The summed E-state index contributed by atoms with van der Waals surface area (Å²) in [6.07, 6.45) is 5.24. The van der Waals surface area contributed by atoms with Crippen LogP contribution >= 0.6 is 15.9 Å². The number of nitrogens with zero attached hydrogens (tertiary/aromatic N) is 4. The Morgan fingerprint density at radius 2 is 2.20 bits per heavy atom. The number of carbonyl (C=O) groups is 1. The molecular formula is C13H13BrN4O2. The van der Waals surface area contributed by atoms with Gasteiger partial charge >= 0.3 is 0 Å². The Morgan fingerprint density at radius 1 is 1.45 bits per heavy atom. The zero-order valence-corrected chi connectivity index (χ0v) is 12.4. The molecule has 3 heterocycles. The minimum atomic E-state index is -0.261. The second kappa shape index (κ2) is 4.90. The van der Waals surface area contributed by atoms with Gasteiger partial charge in [0.1, 0.15) is 5.56 Å². The zero-order valence-electron chi connectivity index (χ0n) is 10.9. The second-order valence-corrected chi connectivity index (χ2v) is 5.76. The summed E-state index contributed by atoms with van der Waals surface area (Å²) in [5.41, 5.74) is -0.0436. The van der Waals surface area contributed by atoms with Gasteiger partial charge < -0.3 is 9.47 Å². The summed E-state index contributed by atoms with van der Waals surface area (Å²) < 4.78 is 4.16. The van der Waals surface area contributed by atoms with Crippen molar-refractivity contribution in [1.29, 1.82) is 0 Å². The highest BCUT2D eigenvalue weighted by Gasteiger charge is 2.33. The zero-order chi connectivity index (χ0) is 14.3. The molecule has 1 saturated heterocycles. The van der Waals surface area contributed by atoms with Crippen LogP contribution in [0.3, 0.4) is 0 Å². The van der Waals surface area contributed by atoms with Gasteiger partial charge in [0.2, 0.25) is 0 Å². The predicted octanol–water partition coefficient (Wildman–Crippen LogP) is 1.04. The second-order valence-electron chi connectivity index (χ2n) is 4.84. The number of carbonyl (C=O) groups excluding carboxylic acids is 1. The number of rotatable bonds is 2. The lowest BCUT2D eigenvalue weighted by Gasteiger charge is -2.39. The minimum absolute atomic E-state index is 0.179. The van der Waals surface area contributed by atoms with Crippen LogP contribution < -0.4 is 5.56 Å². The third kappa shape index (κ3) is 2.18. The number of aromatic nitrogens is 3. The van der Waals surface area contributed by atoms with E-state index in [1.165, 1.54) is 4.57 Å².